The van der Waals surface area contributed by atoms with Gasteiger partial charge in [0.1, 0.15) is 0 Å². The predicted octanol–water partition coefficient (Wildman–Crippen LogP) is 3.70. The standard InChI is InChI=1S/C16H13Cl2N5OS/c17-11-3-1-10(2-4-11)15-21-22-16(23(15)19)25-9-14(24)20-13-7-5-12(18)6-8-13/h1-8H,9,19H2,(H,20,24). The summed E-state index contributed by atoms with van der Waals surface area (Å²) in [4.78, 5) is 12.0. The number of nitrogens with zero attached hydrogens (tertiary/aromatic N) is 3. The van der Waals surface area contributed by atoms with Gasteiger partial charge in [0.2, 0.25) is 11.1 Å². The first-order valence-corrected chi connectivity index (χ1v) is 8.92. The fraction of sp³-hybridized carbons (Fsp3) is 0.0625. The highest BCUT2D eigenvalue weighted by Crippen LogP contribution is 2.23. The summed E-state index contributed by atoms with van der Waals surface area (Å²) in [5.41, 5.74) is 1.46. The Balaban J connectivity index is 1.62. The molecule has 3 aromatic rings. The number of benzene rings is 2. The Morgan fingerprint density at radius 1 is 1.04 bits per heavy atom. The molecule has 1 aromatic heterocycles. The number of halogens is 2. The molecule has 0 aliphatic heterocycles. The molecule has 0 aliphatic carbocycles. The molecule has 0 saturated carbocycles. The van der Waals surface area contributed by atoms with Crippen LogP contribution < -0.4 is 11.2 Å². The zero-order valence-corrected chi connectivity index (χ0v) is 15.1. The normalized spacial score (nSPS) is 10.6. The highest BCUT2D eigenvalue weighted by Gasteiger charge is 2.14. The number of nitrogen functional groups attached to an aromatic ring is 1. The fourth-order valence-corrected chi connectivity index (χ4v) is 2.94. The number of carbonyl (C=O) groups excluding carboxylic acids is 1. The molecule has 0 fully saturated rings. The molecule has 0 radical (unpaired) electrons. The van der Waals surface area contributed by atoms with Crippen molar-refractivity contribution in [1.82, 2.24) is 14.9 Å². The lowest BCUT2D eigenvalue weighted by Crippen LogP contribution is -2.16. The van der Waals surface area contributed by atoms with Crippen molar-refractivity contribution in [2.45, 2.75) is 5.16 Å². The van der Waals surface area contributed by atoms with E-state index in [-0.39, 0.29) is 11.7 Å². The van der Waals surface area contributed by atoms with E-state index >= 15 is 0 Å². The van der Waals surface area contributed by atoms with E-state index in [4.69, 9.17) is 29.0 Å². The lowest BCUT2D eigenvalue weighted by Gasteiger charge is -2.06. The van der Waals surface area contributed by atoms with Crippen molar-refractivity contribution < 1.29 is 4.79 Å². The van der Waals surface area contributed by atoms with Crippen LogP contribution in [-0.4, -0.2) is 26.5 Å². The van der Waals surface area contributed by atoms with E-state index in [1.807, 2.05) is 0 Å². The molecule has 6 nitrogen and oxygen atoms in total. The van der Waals surface area contributed by atoms with E-state index in [1.165, 1.54) is 16.4 Å². The maximum atomic E-state index is 12.0. The number of aromatic nitrogens is 3. The SMILES string of the molecule is Nn1c(SCC(=O)Nc2ccc(Cl)cc2)nnc1-c1ccc(Cl)cc1. The quantitative estimate of drug-likeness (QED) is 0.509. The molecule has 1 amide bonds. The molecule has 0 bridgehead atoms. The Bertz CT molecular complexity index is 881. The van der Waals surface area contributed by atoms with Crippen LogP contribution in [0.2, 0.25) is 10.0 Å². The molecule has 2 aromatic carbocycles. The minimum absolute atomic E-state index is 0.151. The molecule has 9 heteroatoms. The van der Waals surface area contributed by atoms with Crippen LogP contribution in [0.4, 0.5) is 5.69 Å². The van der Waals surface area contributed by atoms with Gasteiger partial charge >= 0.3 is 0 Å². The lowest BCUT2D eigenvalue weighted by atomic mass is 10.2. The van der Waals surface area contributed by atoms with E-state index in [1.54, 1.807) is 48.5 Å². The minimum Gasteiger partial charge on any atom is -0.335 e. The van der Waals surface area contributed by atoms with Crippen molar-refractivity contribution in [3.05, 3.63) is 58.6 Å². The summed E-state index contributed by atoms with van der Waals surface area (Å²) in [6.45, 7) is 0. The monoisotopic (exact) mass is 393 g/mol. The van der Waals surface area contributed by atoms with E-state index in [0.29, 0.717) is 26.7 Å². The van der Waals surface area contributed by atoms with Crippen molar-refractivity contribution in [2.75, 3.05) is 16.9 Å². The number of nitrogens with two attached hydrogens (primary N) is 1. The predicted molar refractivity (Wildman–Crippen MR) is 101 cm³/mol. The van der Waals surface area contributed by atoms with Gasteiger partial charge in [-0.25, -0.2) is 4.68 Å². The number of amides is 1. The highest BCUT2D eigenvalue weighted by molar-refractivity contribution is 7.99. The zero-order valence-electron chi connectivity index (χ0n) is 12.8. The molecule has 3 rings (SSSR count). The number of rotatable bonds is 5. The number of carbonyl (C=O) groups is 1. The Kier molecular flexibility index (Phi) is 5.47. The summed E-state index contributed by atoms with van der Waals surface area (Å²) in [6.07, 6.45) is 0. The van der Waals surface area contributed by atoms with Gasteiger partial charge in [0, 0.05) is 21.3 Å². The lowest BCUT2D eigenvalue weighted by molar-refractivity contribution is -0.113. The minimum atomic E-state index is -0.177. The van der Waals surface area contributed by atoms with Crippen LogP contribution in [0.1, 0.15) is 0 Å². The topological polar surface area (TPSA) is 85.8 Å². The smallest absolute Gasteiger partial charge is 0.234 e. The van der Waals surface area contributed by atoms with Crippen molar-refractivity contribution in [3.63, 3.8) is 0 Å². The van der Waals surface area contributed by atoms with E-state index in [0.717, 1.165) is 5.56 Å². The summed E-state index contributed by atoms with van der Waals surface area (Å²) in [7, 11) is 0. The first-order valence-electron chi connectivity index (χ1n) is 7.17. The van der Waals surface area contributed by atoms with Crippen LogP contribution >= 0.6 is 35.0 Å². The summed E-state index contributed by atoms with van der Waals surface area (Å²) in [5.74, 6) is 6.49. The molecular formula is C16H13Cl2N5OS. The van der Waals surface area contributed by atoms with Crippen molar-refractivity contribution in [2.24, 2.45) is 0 Å². The van der Waals surface area contributed by atoms with Gasteiger partial charge in [-0.15, -0.1) is 10.2 Å². The molecule has 0 aliphatic rings. The Labute approximate surface area is 158 Å². The second-order valence-electron chi connectivity index (χ2n) is 5.03. The van der Waals surface area contributed by atoms with Crippen molar-refractivity contribution in [3.8, 4) is 11.4 Å². The van der Waals surface area contributed by atoms with Gasteiger partial charge in [0.05, 0.1) is 5.75 Å². The number of hydrogen-bond acceptors (Lipinski definition) is 5. The molecule has 3 N–H and O–H groups in total. The summed E-state index contributed by atoms with van der Waals surface area (Å²) in [5, 5.41) is 12.5. The second-order valence-corrected chi connectivity index (χ2v) is 6.84. The molecule has 0 spiro atoms. The average molecular weight is 394 g/mol. The van der Waals surface area contributed by atoms with Crippen LogP contribution in [0.5, 0.6) is 0 Å². The van der Waals surface area contributed by atoms with Crippen molar-refractivity contribution >= 4 is 46.6 Å². The van der Waals surface area contributed by atoms with Crippen molar-refractivity contribution in [1.29, 1.82) is 0 Å². The van der Waals surface area contributed by atoms with Crippen LogP contribution in [0, 0.1) is 0 Å². The third-order valence-electron chi connectivity index (χ3n) is 3.23. The van der Waals surface area contributed by atoms with E-state index in [9.17, 15) is 4.79 Å². The molecule has 25 heavy (non-hydrogen) atoms. The molecule has 0 saturated heterocycles. The summed E-state index contributed by atoms with van der Waals surface area (Å²) in [6, 6.07) is 14.0. The Morgan fingerprint density at radius 3 is 2.28 bits per heavy atom. The zero-order chi connectivity index (χ0) is 17.8. The van der Waals surface area contributed by atoms with Gasteiger partial charge in [-0.3, -0.25) is 4.79 Å². The van der Waals surface area contributed by atoms with Gasteiger partial charge in [-0.2, -0.15) is 0 Å². The summed E-state index contributed by atoms with van der Waals surface area (Å²) < 4.78 is 1.35. The maximum Gasteiger partial charge on any atom is 0.234 e. The van der Waals surface area contributed by atoms with Gasteiger partial charge in [0.25, 0.3) is 0 Å². The second kappa shape index (κ2) is 7.77. The number of anilines is 1. The fourth-order valence-electron chi connectivity index (χ4n) is 2.03. The molecular weight excluding hydrogens is 381 g/mol. The first kappa shape index (κ1) is 17.6. The van der Waals surface area contributed by atoms with E-state index < -0.39 is 0 Å². The first-order chi connectivity index (χ1) is 12.0. The van der Waals surface area contributed by atoms with Gasteiger partial charge in [0.15, 0.2) is 5.82 Å². The van der Waals surface area contributed by atoms with Crippen LogP contribution in [0.25, 0.3) is 11.4 Å². The third-order valence-corrected chi connectivity index (χ3v) is 4.67. The van der Waals surface area contributed by atoms with Crippen LogP contribution in [0.15, 0.2) is 53.7 Å². The average Bonchev–Trinajstić information content (AvgIpc) is 2.97. The molecule has 0 unspecified atom stereocenters. The van der Waals surface area contributed by atoms with Crippen LogP contribution in [0.3, 0.4) is 0 Å². The number of hydrogen-bond donors (Lipinski definition) is 2. The Hall–Kier alpha value is -2.22. The van der Waals surface area contributed by atoms with Gasteiger partial charge in [-0.05, 0) is 48.5 Å². The number of thioether (sulfide) groups is 1. The molecule has 1 heterocycles. The van der Waals surface area contributed by atoms with Gasteiger partial charge in [-0.1, -0.05) is 35.0 Å². The van der Waals surface area contributed by atoms with Gasteiger partial charge < -0.3 is 11.2 Å². The summed E-state index contributed by atoms with van der Waals surface area (Å²) >= 11 is 12.9. The highest BCUT2D eigenvalue weighted by atomic mass is 35.5. The van der Waals surface area contributed by atoms with Crippen LogP contribution in [-0.2, 0) is 4.79 Å². The Morgan fingerprint density at radius 2 is 1.64 bits per heavy atom. The largest absolute Gasteiger partial charge is 0.335 e. The number of nitrogens with one attached hydrogen (secondary N) is 1. The molecule has 128 valence electrons. The third kappa shape index (κ3) is 4.45. The molecule has 0 atom stereocenters. The maximum absolute atomic E-state index is 12.0. The van der Waals surface area contributed by atoms with E-state index in [2.05, 4.69) is 15.5 Å².